The molecule has 1 N–H and O–H groups in total. The molecule has 0 aromatic heterocycles. The van der Waals surface area contributed by atoms with Crippen LogP contribution in [0.3, 0.4) is 0 Å². The third-order valence-electron chi connectivity index (χ3n) is 7.39. The van der Waals surface area contributed by atoms with Crippen LogP contribution in [0.25, 0.3) is 0 Å². The van der Waals surface area contributed by atoms with Crippen LogP contribution in [-0.4, -0.2) is 25.2 Å². The standard InChI is InChI=1S/C25H37NO2/c1-2-28-14-4-5-18-8-9-21-16-22(11-10-20(21)15-18)23-12-13-24(17-23)26-25(27)19-6-3-7-19/h10-11,16,18-19,23-24H,2-9,12-15,17H2,1H3,(H,26,27). The summed E-state index contributed by atoms with van der Waals surface area (Å²) in [5, 5.41) is 3.33. The van der Waals surface area contributed by atoms with Crippen LogP contribution in [0.15, 0.2) is 18.2 Å². The summed E-state index contributed by atoms with van der Waals surface area (Å²) in [5.41, 5.74) is 4.67. The zero-order valence-corrected chi connectivity index (χ0v) is 17.6. The van der Waals surface area contributed by atoms with E-state index in [-0.39, 0.29) is 0 Å². The minimum atomic E-state index is 0.310. The third-order valence-corrected chi connectivity index (χ3v) is 7.39. The van der Waals surface area contributed by atoms with E-state index in [1.54, 1.807) is 11.1 Å². The maximum absolute atomic E-state index is 12.2. The molecule has 0 saturated heterocycles. The van der Waals surface area contributed by atoms with Crippen LogP contribution in [-0.2, 0) is 22.4 Å². The van der Waals surface area contributed by atoms with Gasteiger partial charge in [0.25, 0.3) is 0 Å². The van der Waals surface area contributed by atoms with Crippen molar-refractivity contribution in [3.63, 3.8) is 0 Å². The number of hydrogen-bond donors (Lipinski definition) is 1. The molecule has 3 unspecified atom stereocenters. The summed E-state index contributed by atoms with van der Waals surface area (Å²) in [5.74, 6) is 2.08. The van der Waals surface area contributed by atoms with Gasteiger partial charge in [-0.3, -0.25) is 4.79 Å². The van der Waals surface area contributed by atoms with E-state index in [0.717, 1.165) is 44.8 Å². The molecule has 0 spiro atoms. The highest BCUT2D eigenvalue weighted by molar-refractivity contribution is 5.79. The summed E-state index contributed by atoms with van der Waals surface area (Å²) in [7, 11) is 0. The predicted molar refractivity (Wildman–Crippen MR) is 114 cm³/mol. The first-order valence-corrected chi connectivity index (χ1v) is 11.7. The molecule has 3 atom stereocenters. The van der Waals surface area contributed by atoms with Crippen molar-refractivity contribution in [2.75, 3.05) is 13.2 Å². The van der Waals surface area contributed by atoms with E-state index < -0.39 is 0 Å². The molecule has 3 nitrogen and oxygen atoms in total. The molecule has 2 fully saturated rings. The summed E-state index contributed by atoms with van der Waals surface area (Å²) >= 11 is 0. The van der Waals surface area contributed by atoms with Crippen LogP contribution in [0.2, 0.25) is 0 Å². The number of rotatable bonds is 8. The Morgan fingerprint density at radius 2 is 2.04 bits per heavy atom. The predicted octanol–water partition coefficient (Wildman–Crippen LogP) is 5.16. The normalized spacial score (nSPS) is 27.2. The number of amides is 1. The molecule has 3 aliphatic carbocycles. The average Bonchev–Trinajstić information content (AvgIpc) is 3.11. The molecule has 4 rings (SSSR count). The number of aryl methyl sites for hydroxylation is 1. The van der Waals surface area contributed by atoms with Crippen LogP contribution >= 0.6 is 0 Å². The fraction of sp³-hybridized carbons (Fsp3) is 0.720. The number of hydrogen-bond acceptors (Lipinski definition) is 2. The van der Waals surface area contributed by atoms with Crippen molar-refractivity contribution in [1.29, 1.82) is 0 Å². The molecular formula is C25H37NO2. The molecule has 1 amide bonds. The summed E-state index contributed by atoms with van der Waals surface area (Å²) < 4.78 is 5.50. The van der Waals surface area contributed by atoms with E-state index in [0.29, 0.717) is 23.8 Å². The lowest BCUT2D eigenvalue weighted by molar-refractivity contribution is -0.128. The largest absolute Gasteiger partial charge is 0.382 e. The van der Waals surface area contributed by atoms with E-state index in [4.69, 9.17) is 4.74 Å². The van der Waals surface area contributed by atoms with Gasteiger partial charge < -0.3 is 10.1 Å². The second-order valence-electron chi connectivity index (χ2n) is 9.32. The summed E-state index contributed by atoms with van der Waals surface area (Å²) in [6.07, 6.45) is 13.2. The first-order valence-electron chi connectivity index (χ1n) is 11.7. The molecule has 3 heteroatoms. The fourth-order valence-electron chi connectivity index (χ4n) is 5.37. The minimum absolute atomic E-state index is 0.310. The molecule has 154 valence electrons. The molecule has 2 saturated carbocycles. The highest BCUT2D eigenvalue weighted by atomic mass is 16.5. The van der Waals surface area contributed by atoms with Gasteiger partial charge in [0.05, 0.1) is 0 Å². The molecule has 28 heavy (non-hydrogen) atoms. The van der Waals surface area contributed by atoms with Crippen molar-refractivity contribution < 1.29 is 9.53 Å². The first-order chi connectivity index (χ1) is 13.7. The van der Waals surface area contributed by atoms with E-state index in [9.17, 15) is 4.79 Å². The molecule has 0 aliphatic heterocycles. The third kappa shape index (κ3) is 4.79. The summed E-state index contributed by atoms with van der Waals surface area (Å²) in [6, 6.07) is 7.66. The smallest absolute Gasteiger partial charge is 0.223 e. The van der Waals surface area contributed by atoms with Gasteiger partial charge in [-0.05, 0) is 99.7 Å². The van der Waals surface area contributed by atoms with Gasteiger partial charge in [-0.25, -0.2) is 0 Å². The number of benzene rings is 1. The molecule has 0 heterocycles. The number of nitrogens with one attached hydrogen (secondary N) is 1. The maximum atomic E-state index is 12.2. The van der Waals surface area contributed by atoms with Gasteiger partial charge in [0.2, 0.25) is 5.91 Å². The van der Waals surface area contributed by atoms with Gasteiger partial charge in [0, 0.05) is 25.2 Å². The van der Waals surface area contributed by atoms with Gasteiger partial charge >= 0.3 is 0 Å². The zero-order valence-electron chi connectivity index (χ0n) is 17.6. The highest BCUT2D eigenvalue weighted by Crippen LogP contribution is 2.38. The number of fused-ring (bicyclic) bond motifs is 1. The van der Waals surface area contributed by atoms with Crippen molar-refractivity contribution >= 4 is 5.91 Å². The number of ether oxygens (including phenoxy) is 1. The van der Waals surface area contributed by atoms with E-state index in [2.05, 4.69) is 30.4 Å². The van der Waals surface area contributed by atoms with Crippen molar-refractivity contribution in [3.8, 4) is 0 Å². The van der Waals surface area contributed by atoms with Crippen LogP contribution in [0.4, 0.5) is 0 Å². The zero-order chi connectivity index (χ0) is 19.3. The molecular weight excluding hydrogens is 346 g/mol. The Kier molecular flexibility index (Phi) is 6.72. The van der Waals surface area contributed by atoms with Crippen molar-refractivity contribution in [3.05, 3.63) is 34.9 Å². The Hall–Kier alpha value is -1.35. The van der Waals surface area contributed by atoms with E-state index in [1.165, 1.54) is 50.5 Å². The topological polar surface area (TPSA) is 38.3 Å². The second-order valence-corrected chi connectivity index (χ2v) is 9.32. The molecule has 1 aromatic carbocycles. The number of carbonyl (C=O) groups excluding carboxylic acids is 1. The van der Waals surface area contributed by atoms with Crippen LogP contribution in [0.1, 0.15) is 87.3 Å². The van der Waals surface area contributed by atoms with E-state index in [1.807, 2.05) is 0 Å². The summed E-state index contributed by atoms with van der Waals surface area (Å²) in [4.78, 5) is 12.2. The van der Waals surface area contributed by atoms with Gasteiger partial charge in [-0.1, -0.05) is 24.6 Å². The minimum Gasteiger partial charge on any atom is -0.382 e. The lowest BCUT2D eigenvalue weighted by atomic mass is 9.80. The van der Waals surface area contributed by atoms with Crippen molar-refractivity contribution in [1.82, 2.24) is 5.32 Å². The van der Waals surface area contributed by atoms with Gasteiger partial charge in [0.1, 0.15) is 0 Å². The maximum Gasteiger partial charge on any atom is 0.223 e. The number of carbonyl (C=O) groups is 1. The summed E-state index contributed by atoms with van der Waals surface area (Å²) in [6.45, 7) is 3.82. The average molecular weight is 384 g/mol. The lowest BCUT2D eigenvalue weighted by Gasteiger charge is -2.26. The SMILES string of the molecule is CCOCCCC1CCc2cc(C3CCC(NC(=O)C4CCC4)C3)ccc2C1. The van der Waals surface area contributed by atoms with Gasteiger partial charge in [-0.15, -0.1) is 0 Å². The Morgan fingerprint density at radius 1 is 1.14 bits per heavy atom. The second kappa shape index (κ2) is 9.43. The molecule has 0 radical (unpaired) electrons. The Labute approximate surface area is 170 Å². The van der Waals surface area contributed by atoms with Crippen molar-refractivity contribution in [2.24, 2.45) is 11.8 Å². The van der Waals surface area contributed by atoms with Crippen LogP contribution in [0.5, 0.6) is 0 Å². The van der Waals surface area contributed by atoms with Crippen LogP contribution < -0.4 is 5.32 Å². The Morgan fingerprint density at radius 3 is 2.82 bits per heavy atom. The lowest BCUT2D eigenvalue weighted by Crippen LogP contribution is -2.39. The van der Waals surface area contributed by atoms with Gasteiger partial charge in [-0.2, -0.15) is 0 Å². The van der Waals surface area contributed by atoms with Gasteiger partial charge in [0.15, 0.2) is 0 Å². The Bertz CT molecular complexity index is 667. The molecule has 0 bridgehead atoms. The highest BCUT2D eigenvalue weighted by Gasteiger charge is 2.31. The molecule has 3 aliphatic rings. The van der Waals surface area contributed by atoms with Crippen molar-refractivity contribution in [2.45, 2.75) is 89.5 Å². The first kappa shape index (κ1) is 19.9. The quantitative estimate of drug-likeness (QED) is 0.630. The fourth-order valence-corrected chi connectivity index (χ4v) is 5.37. The Balaban J connectivity index is 1.28. The monoisotopic (exact) mass is 383 g/mol. The van der Waals surface area contributed by atoms with Crippen LogP contribution in [0, 0.1) is 11.8 Å². The molecule has 1 aromatic rings. The van der Waals surface area contributed by atoms with E-state index >= 15 is 0 Å².